The van der Waals surface area contributed by atoms with E-state index >= 15 is 0 Å². The first kappa shape index (κ1) is 12.0. The van der Waals surface area contributed by atoms with E-state index in [1.807, 2.05) is 6.07 Å². The molecule has 0 atom stereocenters. The number of rotatable bonds is 2. The molecular weight excluding hydrogens is 240 g/mol. The second kappa shape index (κ2) is 5.23. The number of ether oxygens (including phenoxy) is 2. The van der Waals surface area contributed by atoms with E-state index in [2.05, 4.69) is 0 Å². The molecule has 0 saturated carbocycles. The van der Waals surface area contributed by atoms with E-state index < -0.39 is 0 Å². The Bertz CT molecular complexity index is 466. The van der Waals surface area contributed by atoms with Gasteiger partial charge in [0.15, 0.2) is 0 Å². The number of fused-ring (bicyclic) bond motifs is 1. The van der Waals surface area contributed by atoms with Gasteiger partial charge in [0, 0.05) is 23.1 Å². The van der Waals surface area contributed by atoms with Crippen molar-refractivity contribution in [1.82, 2.24) is 0 Å². The molecular formula is C13H13ClO3. The predicted molar refractivity (Wildman–Crippen MR) is 66.2 cm³/mol. The number of carbonyl (C=O) groups is 1. The van der Waals surface area contributed by atoms with Crippen molar-refractivity contribution in [2.24, 2.45) is 0 Å². The highest BCUT2D eigenvalue weighted by Gasteiger charge is 2.16. The van der Waals surface area contributed by atoms with Crippen LogP contribution in [0.15, 0.2) is 24.3 Å². The van der Waals surface area contributed by atoms with Gasteiger partial charge in [-0.05, 0) is 30.7 Å². The quantitative estimate of drug-likeness (QED) is 0.599. The number of hydrogen-bond acceptors (Lipinski definition) is 3. The van der Waals surface area contributed by atoms with Crippen molar-refractivity contribution < 1.29 is 14.3 Å². The van der Waals surface area contributed by atoms with Crippen LogP contribution in [0.3, 0.4) is 0 Å². The van der Waals surface area contributed by atoms with Crippen LogP contribution >= 0.6 is 11.6 Å². The summed E-state index contributed by atoms with van der Waals surface area (Å²) in [6, 6.07) is 5.39. The maximum atomic E-state index is 11.4. The van der Waals surface area contributed by atoms with Crippen LogP contribution in [-0.2, 0) is 9.53 Å². The van der Waals surface area contributed by atoms with E-state index in [1.54, 1.807) is 19.1 Å². The zero-order valence-corrected chi connectivity index (χ0v) is 10.3. The Hall–Kier alpha value is -1.48. The fourth-order valence-corrected chi connectivity index (χ4v) is 1.93. The van der Waals surface area contributed by atoms with Crippen LogP contribution in [0, 0.1) is 0 Å². The van der Waals surface area contributed by atoms with Gasteiger partial charge in [0.05, 0.1) is 13.2 Å². The third-order valence-electron chi connectivity index (χ3n) is 2.50. The first-order valence-corrected chi connectivity index (χ1v) is 5.88. The zero-order chi connectivity index (χ0) is 12.3. The molecule has 17 heavy (non-hydrogen) atoms. The zero-order valence-electron chi connectivity index (χ0n) is 9.53. The van der Waals surface area contributed by atoms with Crippen molar-refractivity contribution in [3.63, 3.8) is 0 Å². The Morgan fingerprint density at radius 1 is 1.59 bits per heavy atom. The summed E-state index contributed by atoms with van der Waals surface area (Å²) in [6.45, 7) is 2.73. The van der Waals surface area contributed by atoms with Gasteiger partial charge in [-0.2, -0.15) is 0 Å². The number of benzene rings is 1. The first-order valence-electron chi connectivity index (χ1n) is 5.50. The molecule has 0 N–H and O–H groups in total. The third kappa shape index (κ3) is 2.80. The highest BCUT2D eigenvalue weighted by atomic mass is 35.5. The number of esters is 1. The van der Waals surface area contributed by atoms with E-state index in [0.29, 0.717) is 24.7 Å². The van der Waals surface area contributed by atoms with Gasteiger partial charge in [-0.3, -0.25) is 0 Å². The van der Waals surface area contributed by atoms with E-state index in [1.165, 1.54) is 6.08 Å². The lowest BCUT2D eigenvalue weighted by Crippen LogP contribution is -2.09. The fraction of sp³-hybridized carbons (Fsp3) is 0.308. The minimum absolute atomic E-state index is 0.324. The van der Waals surface area contributed by atoms with Crippen LogP contribution in [0.1, 0.15) is 18.9 Å². The Morgan fingerprint density at radius 3 is 3.18 bits per heavy atom. The predicted octanol–water partition coefficient (Wildman–Crippen LogP) is 3.07. The summed E-state index contributed by atoms with van der Waals surface area (Å²) in [4.78, 5) is 11.4. The van der Waals surface area contributed by atoms with Gasteiger partial charge >= 0.3 is 5.97 Å². The minimum Gasteiger partial charge on any atom is -0.493 e. The summed E-state index contributed by atoms with van der Waals surface area (Å²) in [6.07, 6.45) is 2.20. The molecule has 0 fully saturated rings. The summed E-state index contributed by atoms with van der Waals surface area (Å²) in [5.74, 6) is 0.437. The van der Waals surface area contributed by atoms with Crippen LogP contribution in [0.25, 0.3) is 5.57 Å². The average Bonchev–Trinajstić information content (AvgIpc) is 2.30. The maximum absolute atomic E-state index is 11.4. The Labute approximate surface area is 105 Å². The topological polar surface area (TPSA) is 35.5 Å². The summed E-state index contributed by atoms with van der Waals surface area (Å²) < 4.78 is 10.4. The molecule has 0 amide bonds. The molecule has 90 valence electrons. The molecule has 3 nitrogen and oxygen atoms in total. The van der Waals surface area contributed by atoms with Crippen molar-refractivity contribution in [1.29, 1.82) is 0 Å². The first-order chi connectivity index (χ1) is 8.20. The second-order valence-electron chi connectivity index (χ2n) is 3.66. The van der Waals surface area contributed by atoms with Gasteiger partial charge < -0.3 is 9.47 Å². The standard InChI is InChI=1S/C13H13ClO3/c1-2-16-13(15)7-9-5-6-17-12-4-3-10(14)8-11(9)12/h3-4,7-8H,2,5-6H2,1H3. The largest absolute Gasteiger partial charge is 0.493 e. The molecule has 0 bridgehead atoms. The lowest BCUT2D eigenvalue weighted by Gasteiger charge is -2.20. The SMILES string of the molecule is CCOC(=O)C=C1CCOc2ccc(Cl)cc21. The molecule has 1 aromatic carbocycles. The van der Waals surface area contributed by atoms with Crippen molar-refractivity contribution >= 4 is 23.1 Å². The normalized spacial score (nSPS) is 16.2. The molecule has 2 rings (SSSR count). The molecule has 0 spiro atoms. The molecule has 4 heteroatoms. The molecule has 0 aromatic heterocycles. The monoisotopic (exact) mass is 252 g/mol. The minimum atomic E-state index is -0.324. The summed E-state index contributed by atoms with van der Waals surface area (Å²) in [5, 5.41) is 0.629. The van der Waals surface area contributed by atoms with Crippen LogP contribution in [0.4, 0.5) is 0 Å². The van der Waals surface area contributed by atoms with Gasteiger partial charge in [0.1, 0.15) is 5.75 Å². The maximum Gasteiger partial charge on any atom is 0.331 e. The molecule has 0 aliphatic carbocycles. The van der Waals surface area contributed by atoms with Gasteiger partial charge in [-0.15, -0.1) is 0 Å². The van der Waals surface area contributed by atoms with E-state index in [9.17, 15) is 4.79 Å². The molecule has 0 saturated heterocycles. The van der Waals surface area contributed by atoms with Gasteiger partial charge in [-0.25, -0.2) is 4.79 Å². The third-order valence-corrected chi connectivity index (χ3v) is 2.73. The van der Waals surface area contributed by atoms with Gasteiger partial charge in [0.25, 0.3) is 0 Å². The lowest BCUT2D eigenvalue weighted by atomic mass is 9.99. The highest BCUT2D eigenvalue weighted by molar-refractivity contribution is 6.30. The van der Waals surface area contributed by atoms with Crippen molar-refractivity contribution in [2.45, 2.75) is 13.3 Å². The second-order valence-corrected chi connectivity index (χ2v) is 4.10. The smallest absolute Gasteiger partial charge is 0.331 e. The average molecular weight is 253 g/mol. The molecule has 1 aliphatic heterocycles. The lowest BCUT2D eigenvalue weighted by molar-refractivity contribution is -0.137. The Morgan fingerprint density at radius 2 is 2.41 bits per heavy atom. The van der Waals surface area contributed by atoms with Crippen LogP contribution in [0.2, 0.25) is 5.02 Å². The van der Waals surface area contributed by atoms with E-state index in [-0.39, 0.29) is 5.97 Å². The molecule has 0 unspecified atom stereocenters. The van der Waals surface area contributed by atoms with Crippen LogP contribution < -0.4 is 4.74 Å². The van der Waals surface area contributed by atoms with Crippen LogP contribution in [0.5, 0.6) is 5.75 Å². The van der Waals surface area contributed by atoms with E-state index in [4.69, 9.17) is 21.1 Å². The molecule has 0 radical (unpaired) electrons. The highest BCUT2D eigenvalue weighted by Crippen LogP contribution is 2.34. The van der Waals surface area contributed by atoms with Crippen LogP contribution in [-0.4, -0.2) is 19.2 Å². The van der Waals surface area contributed by atoms with Crippen molar-refractivity contribution in [3.8, 4) is 5.75 Å². The molecule has 1 aliphatic rings. The van der Waals surface area contributed by atoms with Crippen molar-refractivity contribution in [3.05, 3.63) is 34.9 Å². The van der Waals surface area contributed by atoms with E-state index in [0.717, 1.165) is 16.9 Å². The van der Waals surface area contributed by atoms with Gasteiger partial charge in [0.2, 0.25) is 0 Å². The molecule has 1 heterocycles. The summed E-state index contributed by atoms with van der Waals surface area (Å²) in [7, 11) is 0. The summed E-state index contributed by atoms with van der Waals surface area (Å²) >= 11 is 5.94. The fourth-order valence-electron chi connectivity index (χ4n) is 1.76. The number of halogens is 1. The molecule has 1 aromatic rings. The van der Waals surface area contributed by atoms with Gasteiger partial charge in [-0.1, -0.05) is 11.6 Å². The summed E-state index contributed by atoms with van der Waals surface area (Å²) in [5.41, 5.74) is 1.78. The Kier molecular flexibility index (Phi) is 3.69. The number of hydrogen-bond donors (Lipinski definition) is 0. The van der Waals surface area contributed by atoms with Crippen molar-refractivity contribution in [2.75, 3.05) is 13.2 Å². The number of carbonyl (C=O) groups excluding carboxylic acids is 1. The Balaban J connectivity index is 2.33.